The average molecular weight is 332 g/mol. The minimum Gasteiger partial charge on any atom is -0.481 e. The zero-order valence-electron chi connectivity index (χ0n) is 14.2. The first-order valence-corrected chi connectivity index (χ1v) is 7.97. The Morgan fingerprint density at radius 2 is 1.65 bits per heavy atom. The lowest BCUT2D eigenvalue weighted by molar-refractivity contribution is -0.122. The Hall–Kier alpha value is -2.00. The number of anilines is 1. The van der Waals surface area contributed by atoms with E-state index >= 15 is 0 Å². The molecule has 0 aliphatic heterocycles. The van der Waals surface area contributed by atoms with Crippen LogP contribution in [0.25, 0.3) is 0 Å². The van der Waals surface area contributed by atoms with Gasteiger partial charge in [0.05, 0.1) is 0 Å². The molecule has 0 spiro atoms. The lowest BCUT2D eigenvalue weighted by Crippen LogP contribution is -2.30. The van der Waals surface area contributed by atoms with Gasteiger partial charge in [-0.05, 0) is 69.5 Å². The van der Waals surface area contributed by atoms with Crippen molar-refractivity contribution >= 4 is 23.2 Å². The molecule has 0 unspecified atom stereocenters. The number of ether oxygens (including phenoxy) is 1. The lowest BCUT2D eigenvalue weighted by atomic mass is 10.1. The third-order valence-corrected chi connectivity index (χ3v) is 4.33. The fourth-order valence-corrected chi connectivity index (χ4v) is 2.53. The fourth-order valence-electron chi connectivity index (χ4n) is 2.42. The van der Waals surface area contributed by atoms with Gasteiger partial charge in [0.15, 0.2) is 6.10 Å². The molecule has 0 aliphatic carbocycles. The molecule has 2 aromatic rings. The van der Waals surface area contributed by atoms with E-state index in [4.69, 9.17) is 16.3 Å². The van der Waals surface area contributed by atoms with Gasteiger partial charge in [0.25, 0.3) is 5.91 Å². The van der Waals surface area contributed by atoms with E-state index in [1.807, 2.05) is 58.0 Å². The molecule has 1 N–H and O–H groups in total. The summed E-state index contributed by atoms with van der Waals surface area (Å²) in [6, 6.07) is 9.60. The van der Waals surface area contributed by atoms with E-state index < -0.39 is 6.10 Å². The monoisotopic (exact) mass is 331 g/mol. The number of carbonyl (C=O) groups is 1. The maximum atomic E-state index is 12.3. The molecule has 0 bridgehead atoms. The first-order valence-electron chi connectivity index (χ1n) is 7.59. The first kappa shape index (κ1) is 17.4. The smallest absolute Gasteiger partial charge is 0.265 e. The number of amides is 1. The third-order valence-electron chi connectivity index (χ3n) is 3.73. The largest absolute Gasteiger partial charge is 0.481 e. The van der Waals surface area contributed by atoms with Crippen LogP contribution in [0.4, 0.5) is 5.69 Å². The zero-order chi connectivity index (χ0) is 17.1. The summed E-state index contributed by atoms with van der Waals surface area (Å²) in [5.74, 6) is 0.467. The predicted molar refractivity (Wildman–Crippen MR) is 95.6 cm³/mol. The van der Waals surface area contributed by atoms with Crippen LogP contribution in [-0.2, 0) is 4.79 Å². The van der Waals surface area contributed by atoms with Crippen molar-refractivity contribution in [3.8, 4) is 5.75 Å². The molecular formula is C19H22ClNO2. The van der Waals surface area contributed by atoms with Gasteiger partial charge in [-0.25, -0.2) is 0 Å². The van der Waals surface area contributed by atoms with Gasteiger partial charge in [-0.3, -0.25) is 4.79 Å². The molecule has 0 saturated carbocycles. The molecule has 2 aromatic carbocycles. The van der Waals surface area contributed by atoms with Crippen LogP contribution < -0.4 is 10.1 Å². The molecule has 1 atom stereocenters. The topological polar surface area (TPSA) is 38.3 Å². The van der Waals surface area contributed by atoms with E-state index in [2.05, 4.69) is 5.32 Å². The summed E-state index contributed by atoms with van der Waals surface area (Å²) in [6.45, 7) is 9.57. The molecule has 0 heterocycles. The SMILES string of the molecule is Cc1ccc(NC(=O)[C@@H](C)Oc2cc(C)c(Cl)c(C)c2)c(C)c1. The summed E-state index contributed by atoms with van der Waals surface area (Å²) in [7, 11) is 0. The maximum absolute atomic E-state index is 12.3. The number of nitrogens with one attached hydrogen (secondary N) is 1. The Bertz CT molecular complexity index is 717. The van der Waals surface area contributed by atoms with Crippen LogP contribution in [0.5, 0.6) is 5.75 Å². The van der Waals surface area contributed by atoms with Gasteiger partial charge in [-0.15, -0.1) is 0 Å². The van der Waals surface area contributed by atoms with E-state index in [1.54, 1.807) is 6.92 Å². The number of hydrogen-bond acceptors (Lipinski definition) is 2. The third kappa shape index (κ3) is 4.26. The van der Waals surface area contributed by atoms with Crippen molar-refractivity contribution in [1.29, 1.82) is 0 Å². The van der Waals surface area contributed by atoms with Crippen molar-refractivity contribution < 1.29 is 9.53 Å². The van der Waals surface area contributed by atoms with Gasteiger partial charge < -0.3 is 10.1 Å². The van der Waals surface area contributed by atoms with Crippen molar-refractivity contribution in [2.75, 3.05) is 5.32 Å². The summed E-state index contributed by atoms with van der Waals surface area (Å²) in [5, 5.41) is 3.63. The van der Waals surface area contributed by atoms with Gasteiger partial charge in [0.1, 0.15) is 5.75 Å². The molecule has 4 heteroatoms. The van der Waals surface area contributed by atoms with Gasteiger partial charge in [-0.2, -0.15) is 0 Å². The number of carbonyl (C=O) groups excluding carboxylic acids is 1. The maximum Gasteiger partial charge on any atom is 0.265 e. The highest BCUT2D eigenvalue weighted by atomic mass is 35.5. The molecule has 23 heavy (non-hydrogen) atoms. The van der Waals surface area contributed by atoms with E-state index in [0.717, 1.165) is 33.0 Å². The second-order valence-electron chi connectivity index (χ2n) is 5.94. The van der Waals surface area contributed by atoms with Gasteiger partial charge in [0, 0.05) is 10.7 Å². The number of hydrogen-bond donors (Lipinski definition) is 1. The Morgan fingerprint density at radius 1 is 1.04 bits per heavy atom. The van der Waals surface area contributed by atoms with Crippen LogP contribution in [0.15, 0.2) is 30.3 Å². The van der Waals surface area contributed by atoms with E-state index in [1.165, 1.54) is 0 Å². The summed E-state index contributed by atoms with van der Waals surface area (Å²) in [4.78, 5) is 12.3. The lowest BCUT2D eigenvalue weighted by Gasteiger charge is -2.17. The molecule has 0 aromatic heterocycles. The van der Waals surface area contributed by atoms with Gasteiger partial charge >= 0.3 is 0 Å². The second-order valence-corrected chi connectivity index (χ2v) is 6.32. The number of rotatable bonds is 4. The van der Waals surface area contributed by atoms with Crippen molar-refractivity contribution in [2.45, 2.75) is 40.7 Å². The van der Waals surface area contributed by atoms with Crippen LogP contribution in [0, 0.1) is 27.7 Å². The molecule has 122 valence electrons. The van der Waals surface area contributed by atoms with Crippen LogP contribution in [-0.4, -0.2) is 12.0 Å². The van der Waals surface area contributed by atoms with Crippen LogP contribution >= 0.6 is 11.6 Å². The zero-order valence-corrected chi connectivity index (χ0v) is 14.9. The Morgan fingerprint density at radius 3 is 2.22 bits per heavy atom. The van der Waals surface area contributed by atoms with Crippen LogP contribution in [0.1, 0.15) is 29.2 Å². The van der Waals surface area contributed by atoms with Crippen molar-refractivity contribution in [1.82, 2.24) is 0 Å². The molecule has 0 radical (unpaired) electrons. The number of benzene rings is 2. The summed E-state index contributed by atoms with van der Waals surface area (Å²) in [5.41, 5.74) is 4.87. The molecule has 3 nitrogen and oxygen atoms in total. The van der Waals surface area contributed by atoms with Crippen molar-refractivity contribution in [3.63, 3.8) is 0 Å². The second kappa shape index (κ2) is 7.05. The summed E-state index contributed by atoms with van der Waals surface area (Å²) in [6.07, 6.45) is -0.601. The highest BCUT2D eigenvalue weighted by Crippen LogP contribution is 2.26. The quantitative estimate of drug-likeness (QED) is 0.858. The standard InChI is InChI=1S/C19H22ClNO2/c1-11-6-7-17(12(2)8-11)21-19(22)15(5)23-16-9-13(3)18(20)14(4)10-16/h6-10,15H,1-5H3,(H,21,22)/t15-/m1/s1. The Kier molecular flexibility index (Phi) is 5.32. The Balaban J connectivity index is 2.08. The van der Waals surface area contributed by atoms with Crippen LogP contribution in [0.3, 0.4) is 0 Å². The number of halogens is 1. The van der Waals surface area contributed by atoms with Crippen molar-refractivity contribution in [3.05, 3.63) is 57.6 Å². The van der Waals surface area contributed by atoms with E-state index in [0.29, 0.717) is 5.75 Å². The summed E-state index contributed by atoms with van der Waals surface area (Å²) >= 11 is 6.15. The predicted octanol–water partition coefficient (Wildman–Crippen LogP) is 4.98. The minimum atomic E-state index is -0.601. The first-order chi connectivity index (χ1) is 10.8. The molecule has 0 aliphatic rings. The minimum absolute atomic E-state index is 0.179. The highest BCUT2D eigenvalue weighted by molar-refractivity contribution is 6.32. The van der Waals surface area contributed by atoms with E-state index in [-0.39, 0.29) is 5.91 Å². The molecule has 0 fully saturated rings. The highest BCUT2D eigenvalue weighted by Gasteiger charge is 2.16. The van der Waals surface area contributed by atoms with Crippen LogP contribution in [0.2, 0.25) is 5.02 Å². The molecular weight excluding hydrogens is 310 g/mol. The van der Waals surface area contributed by atoms with Crippen molar-refractivity contribution in [2.24, 2.45) is 0 Å². The molecule has 0 saturated heterocycles. The summed E-state index contributed by atoms with van der Waals surface area (Å²) < 4.78 is 5.76. The normalized spacial score (nSPS) is 11.9. The Labute approximate surface area is 142 Å². The number of aryl methyl sites for hydroxylation is 4. The van der Waals surface area contributed by atoms with Gasteiger partial charge in [0.2, 0.25) is 0 Å². The van der Waals surface area contributed by atoms with E-state index in [9.17, 15) is 4.79 Å². The fraction of sp³-hybridized carbons (Fsp3) is 0.316. The van der Waals surface area contributed by atoms with Gasteiger partial charge in [-0.1, -0.05) is 29.3 Å². The molecule has 1 amide bonds. The molecule has 2 rings (SSSR count). The average Bonchev–Trinajstić information content (AvgIpc) is 2.47.